The van der Waals surface area contributed by atoms with Crippen LogP contribution in [0.2, 0.25) is 0 Å². The van der Waals surface area contributed by atoms with Gasteiger partial charge in [0.2, 0.25) is 0 Å². The van der Waals surface area contributed by atoms with Crippen LogP contribution in [0.3, 0.4) is 0 Å². The maximum Gasteiger partial charge on any atom is 0.251 e. The lowest BCUT2D eigenvalue weighted by atomic mass is 9.79. The quantitative estimate of drug-likeness (QED) is 0.553. The van der Waals surface area contributed by atoms with Gasteiger partial charge < -0.3 is 14.8 Å². The highest BCUT2D eigenvalue weighted by Gasteiger charge is 2.46. The molecule has 0 unspecified atom stereocenters. The van der Waals surface area contributed by atoms with Gasteiger partial charge in [-0.05, 0) is 43.7 Å². The van der Waals surface area contributed by atoms with Crippen LogP contribution in [0.25, 0.3) is 10.9 Å². The van der Waals surface area contributed by atoms with Gasteiger partial charge in [-0.25, -0.2) is 17.6 Å². The lowest BCUT2D eigenvalue weighted by molar-refractivity contribution is 0.0424. The highest BCUT2D eigenvalue weighted by atomic mass is 19.3. The molecule has 2 aromatic carbocycles. The van der Waals surface area contributed by atoms with Gasteiger partial charge in [0.1, 0.15) is 11.6 Å². The minimum atomic E-state index is -2.60. The smallest absolute Gasteiger partial charge is 0.251 e. The van der Waals surface area contributed by atoms with Gasteiger partial charge in [-0.2, -0.15) is 0 Å². The highest BCUT2D eigenvalue weighted by Crippen LogP contribution is 2.43. The standard InChI is InChI=1S/C26H28F4N4/c1-32-13-26(14-32)7-9-34(15-26)16-10-19(27)23(20(28)11-16)25-24-18(6-8-33(25)12-22(29)30)17-4-2-3-5-21(17)31-24/h2-5,10-11,22,25,31H,6-9,12-15H2,1H3/t25-/m1/s1. The van der Waals surface area contributed by atoms with Crippen molar-refractivity contribution in [3.63, 3.8) is 0 Å². The Kier molecular flexibility index (Phi) is 5.15. The number of fused-ring (bicyclic) bond motifs is 3. The van der Waals surface area contributed by atoms with Crippen molar-refractivity contribution in [2.24, 2.45) is 5.41 Å². The molecule has 4 heterocycles. The van der Waals surface area contributed by atoms with Gasteiger partial charge >= 0.3 is 0 Å². The Hall–Kier alpha value is -2.58. The molecule has 0 aliphatic carbocycles. The number of anilines is 1. The molecule has 3 aliphatic rings. The van der Waals surface area contributed by atoms with Crippen molar-refractivity contribution in [2.45, 2.75) is 25.3 Å². The van der Waals surface area contributed by atoms with E-state index >= 15 is 8.78 Å². The first kappa shape index (κ1) is 21.9. The molecule has 1 aromatic heterocycles. The van der Waals surface area contributed by atoms with Crippen molar-refractivity contribution >= 4 is 16.6 Å². The molecule has 0 saturated carbocycles. The van der Waals surface area contributed by atoms with E-state index in [9.17, 15) is 8.78 Å². The summed E-state index contributed by atoms with van der Waals surface area (Å²) >= 11 is 0. The van der Waals surface area contributed by atoms with E-state index in [-0.39, 0.29) is 11.0 Å². The number of halogens is 4. The Morgan fingerprint density at radius 1 is 1.06 bits per heavy atom. The third kappa shape index (κ3) is 3.50. The number of hydrogen-bond acceptors (Lipinski definition) is 3. The Labute approximate surface area is 196 Å². The number of benzene rings is 2. The van der Waals surface area contributed by atoms with Crippen LogP contribution in [0.5, 0.6) is 0 Å². The molecular weight excluding hydrogens is 444 g/mol. The summed E-state index contributed by atoms with van der Waals surface area (Å²) in [7, 11) is 2.08. The zero-order chi connectivity index (χ0) is 23.6. The summed E-state index contributed by atoms with van der Waals surface area (Å²) in [5.74, 6) is -1.37. The fourth-order valence-corrected chi connectivity index (χ4v) is 6.52. The maximum atomic E-state index is 15.7. The Balaban J connectivity index is 1.40. The van der Waals surface area contributed by atoms with E-state index in [1.165, 1.54) is 17.0 Å². The minimum absolute atomic E-state index is 0.158. The SMILES string of the molecule is CN1CC2(CCN(c3cc(F)c([C@@H]4c5[nH]c6ccccc6c5CCN4CC(F)F)c(F)c3)C2)C1. The first-order valence-corrected chi connectivity index (χ1v) is 11.9. The van der Waals surface area contributed by atoms with Crippen LogP contribution in [0.4, 0.5) is 23.2 Å². The molecule has 3 aromatic rings. The largest absolute Gasteiger partial charge is 0.371 e. The summed E-state index contributed by atoms with van der Waals surface area (Å²) in [6.07, 6.45) is -1.04. The number of aromatic amines is 1. The van der Waals surface area contributed by atoms with E-state index in [0.717, 1.165) is 49.1 Å². The van der Waals surface area contributed by atoms with Crippen molar-refractivity contribution < 1.29 is 17.6 Å². The van der Waals surface area contributed by atoms with E-state index in [4.69, 9.17) is 0 Å². The highest BCUT2D eigenvalue weighted by molar-refractivity contribution is 5.85. The summed E-state index contributed by atoms with van der Waals surface area (Å²) in [6.45, 7) is 3.32. The molecule has 1 spiro atoms. The molecular formula is C26H28F4N4. The average molecular weight is 473 g/mol. The maximum absolute atomic E-state index is 15.7. The van der Waals surface area contributed by atoms with Crippen LogP contribution in [-0.4, -0.2) is 67.5 Å². The van der Waals surface area contributed by atoms with Crippen molar-refractivity contribution in [2.75, 3.05) is 51.2 Å². The van der Waals surface area contributed by atoms with Gasteiger partial charge in [0, 0.05) is 66.0 Å². The fraction of sp³-hybridized carbons (Fsp3) is 0.462. The second kappa shape index (κ2) is 7.99. The van der Waals surface area contributed by atoms with E-state index < -0.39 is 30.6 Å². The second-order valence-corrected chi connectivity index (χ2v) is 10.3. The van der Waals surface area contributed by atoms with E-state index in [0.29, 0.717) is 24.3 Å². The monoisotopic (exact) mass is 472 g/mol. The van der Waals surface area contributed by atoms with Crippen LogP contribution in [0, 0.1) is 17.0 Å². The van der Waals surface area contributed by atoms with E-state index in [1.54, 1.807) is 0 Å². The number of para-hydroxylation sites is 1. The Bertz CT molecular complexity index is 1210. The van der Waals surface area contributed by atoms with Crippen molar-refractivity contribution in [3.05, 3.63) is 64.9 Å². The van der Waals surface area contributed by atoms with Gasteiger partial charge in [0.05, 0.1) is 12.6 Å². The predicted octanol–water partition coefficient (Wildman–Crippen LogP) is 4.80. The van der Waals surface area contributed by atoms with E-state index in [1.807, 2.05) is 24.3 Å². The lowest BCUT2D eigenvalue weighted by Crippen LogP contribution is -2.55. The summed E-state index contributed by atoms with van der Waals surface area (Å²) in [4.78, 5) is 9.09. The minimum Gasteiger partial charge on any atom is -0.371 e. The van der Waals surface area contributed by atoms with Crippen LogP contribution in [0.15, 0.2) is 36.4 Å². The number of rotatable bonds is 4. The molecule has 0 amide bonds. The summed E-state index contributed by atoms with van der Waals surface area (Å²) in [6, 6.07) is 9.50. The number of alkyl halides is 2. The molecule has 6 rings (SSSR count). The molecule has 2 fully saturated rings. The Morgan fingerprint density at radius 2 is 1.79 bits per heavy atom. The number of H-pyrrole nitrogens is 1. The molecule has 34 heavy (non-hydrogen) atoms. The van der Waals surface area contributed by atoms with Crippen molar-refractivity contribution in [1.29, 1.82) is 0 Å². The van der Waals surface area contributed by atoms with Gasteiger partial charge in [-0.3, -0.25) is 4.90 Å². The average Bonchev–Trinajstić information content (AvgIpc) is 3.36. The van der Waals surface area contributed by atoms with Crippen LogP contribution in [-0.2, 0) is 6.42 Å². The van der Waals surface area contributed by atoms with Crippen LogP contribution >= 0.6 is 0 Å². The third-order valence-electron chi connectivity index (χ3n) is 7.86. The predicted molar refractivity (Wildman–Crippen MR) is 125 cm³/mol. The summed E-state index contributed by atoms with van der Waals surface area (Å²) in [5.41, 5.74) is 2.98. The van der Waals surface area contributed by atoms with Gasteiger partial charge in [0.15, 0.2) is 0 Å². The van der Waals surface area contributed by atoms with Crippen molar-refractivity contribution in [3.8, 4) is 0 Å². The van der Waals surface area contributed by atoms with Gasteiger partial charge in [0.25, 0.3) is 6.43 Å². The normalized spacial score (nSPS) is 22.6. The lowest BCUT2D eigenvalue weighted by Gasteiger charge is -2.46. The molecule has 1 atom stereocenters. The van der Waals surface area contributed by atoms with Crippen molar-refractivity contribution in [1.82, 2.24) is 14.8 Å². The zero-order valence-corrected chi connectivity index (χ0v) is 19.1. The number of nitrogens with zero attached hydrogens (tertiary/aromatic N) is 3. The number of hydrogen-bond donors (Lipinski definition) is 1. The van der Waals surface area contributed by atoms with E-state index in [2.05, 4.69) is 21.8 Å². The summed E-state index contributed by atoms with van der Waals surface area (Å²) in [5, 5.41) is 0.976. The molecule has 4 nitrogen and oxygen atoms in total. The Morgan fingerprint density at radius 3 is 2.50 bits per heavy atom. The second-order valence-electron chi connectivity index (χ2n) is 10.3. The molecule has 0 radical (unpaired) electrons. The van der Waals surface area contributed by atoms with Gasteiger partial charge in [-0.15, -0.1) is 0 Å². The molecule has 3 aliphatic heterocycles. The number of aromatic nitrogens is 1. The molecule has 180 valence electrons. The number of nitrogens with one attached hydrogen (secondary N) is 1. The first-order chi connectivity index (χ1) is 16.3. The fourth-order valence-electron chi connectivity index (χ4n) is 6.52. The summed E-state index contributed by atoms with van der Waals surface area (Å²) < 4.78 is 58.2. The topological polar surface area (TPSA) is 25.5 Å². The molecule has 8 heteroatoms. The van der Waals surface area contributed by atoms with Gasteiger partial charge in [-0.1, -0.05) is 18.2 Å². The molecule has 2 saturated heterocycles. The molecule has 0 bridgehead atoms. The number of likely N-dealkylation sites (tertiary alicyclic amines) is 1. The molecule has 1 N–H and O–H groups in total. The van der Waals surface area contributed by atoms with Crippen LogP contribution < -0.4 is 4.90 Å². The van der Waals surface area contributed by atoms with Crippen LogP contribution in [0.1, 0.15) is 29.3 Å². The zero-order valence-electron chi connectivity index (χ0n) is 19.1. The first-order valence-electron chi connectivity index (χ1n) is 11.9. The third-order valence-corrected chi connectivity index (χ3v) is 7.86.